The van der Waals surface area contributed by atoms with Gasteiger partial charge in [0.15, 0.2) is 0 Å². The van der Waals surface area contributed by atoms with Crippen LogP contribution in [0.25, 0.3) is 10.8 Å². The Morgan fingerprint density at radius 1 is 1.31 bits per heavy atom. The lowest BCUT2D eigenvalue weighted by Crippen LogP contribution is -2.11. The van der Waals surface area contributed by atoms with Gasteiger partial charge in [0.25, 0.3) is 5.56 Å². The Hall–Kier alpha value is -1.77. The molecule has 0 radical (unpaired) electrons. The highest BCUT2D eigenvalue weighted by Crippen LogP contribution is 2.12. The van der Waals surface area contributed by atoms with Gasteiger partial charge in [0.2, 0.25) is 0 Å². The average Bonchev–Trinajstić information content (AvgIpc) is 2.30. The first-order valence-corrected chi connectivity index (χ1v) is 5.67. The van der Waals surface area contributed by atoms with Gasteiger partial charge in [-0.25, -0.2) is 0 Å². The highest BCUT2D eigenvalue weighted by Gasteiger charge is 1.99. The molecule has 0 bridgehead atoms. The van der Waals surface area contributed by atoms with Gasteiger partial charge in [-0.2, -0.15) is 0 Å². The van der Waals surface area contributed by atoms with E-state index < -0.39 is 0 Å². The standard InChI is InChI=1S/C13H16N2O/c1-2-3-8-14-12-9-10-6-4-5-7-11(10)13(16)15-12/h4-7,9H,2-3,8H2,1H3,(H2,14,15,16). The summed E-state index contributed by atoms with van der Waals surface area (Å²) in [6, 6.07) is 9.59. The molecule has 1 aromatic carbocycles. The smallest absolute Gasteiger partial charge is 0.257 e. The summed E-state index contributed by atoms with van der Waals surface area (Å²) in [4.78, 5) is 14.6. The zero-order valence-electron chi connectivity index (χ0n) is 9.42. The molecular formula is C13H16N2O. The van der Waals surface area contributed by atoms with E-state index in [0.717, 1.165) is 36.0 Å². The van der Waals surface area contributed by atoms with E-state index in [9.17, 15) is 4.79 Å². The van der Waals surface area contributed by atoms with Crippen LogP contribution in [0.15, 0.2) is 35.1 Å². The summed E-state index contributed by atoms with van der Waals surface area (Å²) in [6.45, 7) is 3.04. The number of rotatable bonds is 4. The van der Waals surface area contributed by atoms with Crippen molar-refractivity contribution in [2.75, 3.05) is 11.9 Å². The zero-order valence-corrected chi connectivity index (χ0v) is 9.42. The fourth-order valence-electron chi connectivity index (χ4n) is 1.71. The Labute approximate surface area is 94.5 Å². The molecule has 0 unspecified atom stereocenters. The van der Waals surface area contributed by atoms with Crippen LogP contribution in [0.2, 0.25) is 0 Å². The van der Waals surface area contributed by atoms with E-state index >= 15 is 0 Å². The van der Waals surface area contributed by atoms with Gasteiger partial charge in [0.05, 0.1) is 0 Å². The van der Waals surface area contributed by atoms with E-state index in [1.54, 1.807) is 0 Å². The number of hydrogen-bond donors (Lipinski definition) is 2. The molecule has 3 heteroatoms. The summed E-state index contributed by atoms with van der Waals surface area (Å²) in [6.07, 6.45) is 2.25. The van der Waals surface area contributed by atoms with Gasteiger partial charge in [-0.15, -0.1) is 0 Å². The minimum absolute atomic E-state index is 0.0305. The fraction of sp³-hybridized carbons (Fsp3) is 0.308. The molecule has 16 heavy (non-hydrogen) atoms. The monoisotopic (exact) mass is 216 g/mol. The molecule has 84 valence electrons. The molecule has 1 aromatic heterocycles. The van der Waals surface area contributed by atoms with Crippen molar-refractivity contribution in [3.05, 3.63) is 40.7 Å². The number of H-pyrrole nitrogens is 1. The molecule has 0 aliphatic carbocycles. The quantitative estimate of drug-likeness (QED) is 0.772. The van der Waals surface area contributed by atoms with E-state index in [4.69, 9.17) is 0 Å². The molecule has 0 fully saturated rings. The lowest BCUT2D eigenvalue weighted by Gasteiger charge is -2.06. The molecule has 2 N–H and O–H groups in total. The second-order valence-electron chi connectivity index (χ2n) is 3.88. The summed E-state index contributed by atoms with van der Waals surface area (Å²) in [5.41, 5.74) is -0.0305. The van der Waals surface area contributed by atoms with Crippen LogP contribution in [0, 0.1) is 0 Å². The highest BCUT2D eigenvalue weighted by molar-refractivity contribution is 5.83. The summed E-state index contributed by atoms with van der Waals surface area (Å²) in [5, 5.41) is 4.94. The number of hydrogen-bond acceptors (Lipinski definition) is 2. The normalized spacial score (nSPS) is 10.6. The van der Waals surface area contributed by atoms with Crippen molar-refractivity contribution < 1.29 is 0 Å². The third-order valence-corrected chi connectivity index (χ3v) is 2.60. The van der Waals surface area contributed by atoms with Crippen molar-refractivity contribution in [3.63, 3.8) is 0 Å². The Morgan fingerprint density at radius 2 is 2.12 bits per heavy atom. The van der Waals surface area contributed by atoms with Crippen LogP contribution in [0.5, 0.6) is 0 Å². The number of pyridine rings is 1. The maximum absolute atomic E-state index is 11.7. The number of nitrogens with one attached hydrogen (secondary N) is 2. The van der Waals surface area contributed by atoms with E-state index in [-0.39, 0.29) is 5.56 Å². The number of benzene rings is 1. The van der Waals surface area contributed by atoms with Crippen molar-refractivity contribution in [2.24, 2.45) is 0 Å². The van der Waals surface area contributed by atoms with Gasteiger partial charge in [-0.05, 0) is 23.9 Å². The lowest BCUT2D eigenvalue weighted by molar-refractivity contribution is 0.831. The number of fused-ring (bicyclic) bond motifs is 1. The van der Waals surface area contributed by atoms with Crippen LogP contribution in [0.3, 0.4) is 0 Å². The molecule has 0 saturated heterocycles. The van der Waals surface area contributed by atoms with Crippen molar-refractivity contribution >= 4 is 16.6 Å². The first-order valence-electron chi connectivity index (χ1n) is 5.67. The molecule has 0 saturated carbocycles. The zero-order chi connectivity index (χ0) is 11.4. The lowest BCUT2D eigenvalue weighted by atomic mass is 10.2. The van der Waals surface area contributed by atoms with Crippen LogP contribution < -0.4 is 10.9 Å². The average molecular weight is 216 g/mol. The Morgan fingerprint density at radius 3 is 2.94 bits per heavy atom. The summed E-state index contributed by atoms with van der Waals surface area (Å²) in [7, 11) is 0. The van der Waals surface area contributed by atoms with E-state index in [1.165, 1.54) is 0 Å². The predicted octanol–water partition coefficient (Wildman–Crippen LogP) is 2.74. The molecule has 0 spiro atoms. The molecule has 0 atom stereocenters. The fourth-order valence-corrected chi connectivity index (χ4v) is 1.71. The Balaban J connectivity index is 2.31. The van der Waals surface area contributed by atoms with Gasteiger partial charge in [-0.1, -0.05) is 31.5 Å². The largest absolute Gasteiger partial charge is 0.372 e. The molecule has 0 aliphatic rings. The van der Waals surface area contributed by atoms with E-state index in [0.29, 0.717) is 0 Å². The van der Waals surface area contributed by atoms with Crippen LogP contribution in [0.1, 0.15) is 19.8 Å². The predicted molar refractivity (Wildman–Crippen MR) is 68.0 cm³/mol. The van der Waals surface area contributed by atoms with Crippen LogP contribution in [0.4, 0.5) is 5.82 Å². The van der Waals surface area contributed by atoms with E-state index in [1.807, 2.05) is 30.3 Å². The Bertz CT molecular complexity index is 531. The third kappa shape index (κ3) is 2.24. The molecule has 2 aromatic rings. The summed E-state index contributed by atoms with van der Waals surface area (Å²) >= 11 is 0. The van der Waals surface area contributed by atoms with Crippen molar-refractivity contribution in [2.45, 2.75) is 19.8 Å². The molecule has 0 amide bonds. The Kier molecular flexibility index (Phi) is 3.25. The van der Waals surface area contributed by atoms with Gasteiger partial charge < -0.3 is 10.3 Å². The SMILES string of the molecule is CCCCNc1cc2ccccc2c(=O)[nH]1. The number of unbranched alkanes of at least 4 members (excludes halogenated alkanes) is 1. The first-order chi connectivity index (χ1) is 7.81. The first kappa shape index (κ1) is 10.7. The molecular weight excluding hydrogens is 200 g/mol. The third-order valence-electron chi connectivity index (χ3n) is 2.60. The minimum Gasteiger partial charge on any atom is -0.372 e. The number of aromatic amines is 1. The van der Waals surface area contributed by atoms with Crippen LogP contribution >= 0.6 is 0 Å². The second-order valence-corrected chi connectivity index (χ2v) is 3.88. The molecule has 2 rings (SSSR count). The minimum atomic E-state index is -0.0305. The van der Waals surface area contributed by atoms with Crippen molar-refractivity contribution in [1.29, 1.82) is 0 Å². The summed E-state index contributed by atoms with van der Waals surface area (Å²) in [5.74, 6) is 0.803. The second kappa shape index (κ2) is 4.84. The highest BCUT2D eigenvalue weighted by atomic mass is 16.1. The molecule has 3 nitrogen and oxygen atoms in total. The number of anilines is 1. The molecule has 0 aliphatic heterocycles. The molecule has 1 heterocycles. The van der Waals surface area contributed by atoms with Gasteiger partial charge in [0.1, 0.15) is 5.82 Å². The van der Waals surface area contributed by atoms with Gasteiger partial charge in [0, 0.05) is 11.9 Å². The van der Waals surface area contributed by atoms with Crippen LogP contribution in [-0.4, -0.2) is 11.5 Å². The van der Waals surface area contributed by atoms with Crippen molar-refractivity contribution in [3.8, 4) is 0 Å². The van der Waals surface area contributed by atoms with E-state index in [2.05, 4.69) is 17.2 Å². The maximum Gasteiger partial charge on any atom is 0.257 e. The van der Waals surface area contributed by atoms with Gasteiger partial charge in [-0.3, -0.25) is 4.79 Å². The van der Waals surface area contributed by atoms with Crippen LogP contribution in [-0.2, 0) is 0 Å². The van der Waals surface area contributed by atoms with Crippen molar-refractivity contribution in [1.82, 2.24) is 4.98 Å². The van der Waals surface area contributed by atoms with Gasteiger partial charge >= 0.3 is 0 Å². The topological polar surface area (TPSA) is 44.9 Å². The maximum atomic E-state index is 11.7. The summed E-state index contributed by atoms with van der Waals surface area (Å²) < 4.78 is 0. The number of aromatic nitrogens is 1.